The second kappa shape index (κ2) is 4.47. The summed E-state index contributed by atoms with van der Waals surface area (Å²) in [5.41, 5.74) is 8.13. The zero-order valence-corrected chi connectivity index (χ0v) is 8.58. The van der Waals surface area contributed by atoms with Gasteiger partial charge in [-0.3, -0.25) is 0 Å². The summed E-state index contributed by atoms with van der Waals surface area (Å²) in [4.78, 5) is 2.46. The fourth-order valence-electron chi connectivity index (χ4n) is 1.99. The first-order valence-corrected chi connectivity index (χ1v) is 5.44. The van der Waals surface area contributed by atoms with Gasteiger partial charge in [0.15, 0.2) is 0 Å². The number of benzene rings is 1. The lowest BCUT2D eigenvalue weighted by Gasteiger charge is -2.28. The summed E-state index contributed by atoms with van der Waals surface area (Å²) in [7, 11) is 0. The van der Waals surface area contributed by atoms with E-state index in [2.05, 4.69) is 29.2 Å². The lowest BCUT2D eigenvalue weighted by atomic mass is 10.1. The van der Waals surface area contributed by atoms with Crippen LogP contribution in [0.25, 0.3) is 0 Å². The number of piperidine rings is 1. The van der Waals surface area contributed by atoms with Crippen molar-refractivity contribution in [2.45, 2.75) is 25.8 Å². The maximum Gasteiger partial charge on any atom is 0.0366 e. The summed E-state index contributed by atoms with van der Waals surface area (Å²) < 4.78 is 0. The molecule has 0 bridgehead atoms. The van der Waals surface area contributed by atoms with Crippen LogP contribution in [0, 0.1) is 0 Å². The van der Waals surface area contributed by atoms with E-state index < -0.39 is 0 Å². The van der Waals surface area contributed by atoms with Gasteiger partial charge in [-0.15, -0.1) is 0 Å². The highest BCUT2D eigenvalue weighted by molar-refractivity contribution is 5.47. The predicted octanol–water partition coefficient (Wildman–Crippen LogP) is 2.14. The predicted molar refractivity (Wildman–Crippen MR) is 60.4 cm³/mol. The van der Waals surface area contributed by atoms with E-state index >= 15 is 0 Å². The molecule has 0 radical (unpaired) electrons. The SMILES string of the molecule is NCc1ccc(N2CCCCC2)cc1. The van der Waals surface area contributed by atoms with E-state index in [-0.39, 0.29) is 0 Å². The van der Waals surface area contributed by atoms with Crippen LogP contribution in [-0.4, -0.2) is 13.1 Å². The molecule has 0 atom stereocenters. The molecule has 1 fully saturated rings. The van der Waals surface area contributed by atoms with E-state index in [0.717, 1.165) is 0 Å². The van der Waals surface area contributed by atoms with Gasteiger partial charge in [-0.05, 0) is 37.0 Å². The second-order valence-electron chi connectivity index (χ2n) is 3.92. The molecule has 1 aromatic carbocycles. The molecule has 2 N–H and O–H groups in total. The minimum absolute atomic E-state index is 0.639. The molecule has 0 unspecified atom stereocenters. The minimum atomic E-state index is 0.639. The topological polar surface area (TPSA) is 29.3 Å². The molecule has 0 saturated carbocycles. The quantitative estimate of drug-likeness (QED) is 0.774. The molecule has 14 heavy (non-hydrogen) atoms. The summed E-state index contributed by atoms with van der Waals surface area (Å²) >= 11 is 0. The molecule has 0 aliphatic carbocycles. The van der Waals surface area contributed by atoms with Crippen molar-refractivity contribution in [3.05, 3.63) is 29.8 Å². The minimum Gasteiger partial charge on any atom is -0.372 e. The highest BCUT2D eigenvalue weighted by atomic mass is 15.1. The number of hydrogen-bond donors (Lipinski definition) is 1. The van der Waals surface area contributed by atoms with Crippen LogP contribution in [0.3, 0.4) is 0 Å². The Bertz CT molecular complexity index is 273. The molecule has 0 amide bonds. The highest BCUT2D eigenvalue weighted by Gasteiger charge is 2.09. The smallest absolute Gasteiger partial charge is 0.0366 e. The molecular formula is C12H18N2. The van der Waals surface area contributed by atoms with Gasteiger partial charge in [0.1, 0.15) is 0 Å². The fourth-order valence-corrected chi connectivity index (χ4v) is 1.99. The van der Waals surface area contributed by atoms with Crippen molar-refractivity contribution in [1.29, 1.82) is 0 Å². The third-order valence-electron chi connectivity index (χ3n) is 2.89. The first kappa shape index (κ1) is 9.53. The fraction of sp³-hybridized carbons (Fsp3) is 0.500. The van der Waals surface area contributed by atoms with Gasteiger partial charge in [0.05, 0.1) is 0 Å². The van der Waals surface area contributed by atoms with E-state index in [4.69, 9.17) is 5.73 Å². The van der Waals surface area contributed by atoms with Crippen molar-refractivity contribution in [2.75, 3.05) is 18.0 Å². The molecule has 1 saturated heterocycles. The standard InChI is InChI=1S/C12H18N2/c13-10-11-4-6-12(7-5-11)14-8-2-1-3-9-14/h4-7H,1-3,8-10,13H2. The summed E-state index contributed by atoms with van der Waals surface area (Å²) in [6, 6.07) is 8.63. The van der Waals surface area contributed by atoms with E-state index in [1.54, 1.807) is 0 Å². The highest BCUT2D eigenvalue weighted by Crippen LogP contribution is 2.19. The number of nitrogens with two attached hydrogens (primary N) is 1. The maximum atomic E-state index is 5.56. The van der Waals surface area contributed by atoms with Crippen LogP contribution in [0.15, 0.2) is 24.3 Å². The molecule has 1 aromatic rings. The Labute approximate surface area is 85.7 Å². The van der Waals surface area contributed by atoms with Crippen molar-refractivity contribution >= 4 is 5.69 Å². The summed E-state index contributed by atoms with van der Waals surface area (Å²) in [5, 5.41) is 0. The van der Waals surface area contributed by atoms with Gasteiger partial charge in [0.25, 0.3) is 0 Å². The van der Waals surface area contributed by atoms with Gasteiger partial charge in [0, 0.05) is 25.3 Å². The molecule has 1 aliphatic rings. The largest absolute Gasteiger partial charge is 0.372 e. The summed E-state index contributed by atoms with van der Waals surface area (Å²) in [6.45, 7) is 3.06. The average Bonchev–Trinajstić information content (AvgIpc) is 2.30. The van der Waals surface area contributed by atoms with Crippen LogP contribution in [0.2, 0.25) is 0 Å². The molecule has 2 nitrogen and oxygen atoms in total. The van der Waals surface area contributed by atoms with Crippen LogP contribution in [-0.2, 0) is 6.54 Å². The average molecular weight is 190 g/mol. The van der Waals surface area contributed by atoms with Gasteiger partial charge in [0.2, 0.25) is 0 Å². The van der Waals surface area contributed by atoms with Gasteiger partial charge in [-0.2, -0.15) is 0 Å². The zero-order chi connectivity index (χ0) is 9.80. The molecule has 0 aromatic heterocycles. The van der Waals surface area contributed by atoms with Gasteiger partial charge in [-0.25, -0.2) is 0 Å². The molecule has 1 aliphatic heterocycles. The Balaban J connectivity index is 2.07. The Hall–Kier alpha value is -1.02. The molecule has 0 spiro atoms. The summed E-state index contributed by atoms with van der Waals surface area (Å²) in [5.74, 6) is 0. The molecule has 2 heteroatoms. The molecule has 1 heterocycles. The number of rotatable bonds is 2. The lowest BCUT2D eigenvalue weighted by molar-refractivity contribution is 0.578. The zero-order valence-electron chi connectivity index (χ0n) is 8.58. The van der Waals surface area contributed by atoms with Crippen molar-refractivity contribution < 1.29 is 0 Å². The van der Waals surface area contributed by atoms with E-state index in [1.165, 1.54) is 43.6 Å². The van der Waals surface area contributed by atoms with Gasteiger partial charge >= 0.3 is 0 Å². The number of hydrogen-bond acceptors (Lipinski definition) is 2. The van der Waals surface area contributed by atoms with E-state index in [1.807, 2.05) is 0 Å². The first-order chi connectivity index (χ1) is 6.90. The van der Waals surface area contributed by atoms with Crippen LogP contribution in [0.1, 0.15) is 24.8 Å². The van der Waals surface area contributed by atoms with E-state index in [0.29, 0.717) is 6.54 Å². The third kappa shape index (κ3) is 2.07. The third-order valence-corrected chi connectivity index (χ3v) is 2.89. The molecule has 2 rings (SSSR count). The van der Waals surface area contributed by atoms with Crippen molar-refractivity contribution in [3.63, 3.8) is 0 Å². The molecule has 76 valence electrons. The van der Waals surface area contributed by atoms with Crippen LogP contribution >= 0.6 is 0 Å². The van der Waals surface area contributed by atoms with Crippen LogP contribution < -0.4 is 10.6 Å². The maximum absolute atomic E-state index is 5.56. The van der Waals surface area contributed by atoms with E-state index in [9.17, 15) is 0 Å². The van der Waals surface area contributed by atoms with Crippen molar-refractivity contribution in [1.82, 2.24) is 0 Å². The van der Waals surface area contributed by atoms with Gasteiger partial charge < -0.3 is 10.6 Å². The summed E-state index contributed by atoms with van der Waals surface area (Å²) in [6.07, 6.45) is 4.05. The van der Waals surface area contributed by atoms with Crippen LogP contribution in [0.5, 0.6) is 0 Å². The normalized spacial score (nSPS) is 17.1. The lowest BCUT2D eigenvalue weighted by Crippen LogP contribution is -2.29. The number of anilines is 1. The van der Waals surface area contributed by atoms with Crippen LogP contribution in [0.4, 0.5) is 5.69 Å². The molecular weight excluding hydrogens is 172 g/mol. The number of nitrogens with zero attached hydrogens (tertiary/aromatic N) is 1. The monoisotopic (exact) mass is 190 g/mol. The Morgan fingerprint density at radius 2 is 1.64 bits per heavy atom. The van der Waals surface area contributed by atoms with Crippen molar-refractivity contribution in [3.8, 4) is 0 Å². The van der Waals surface area contributed by atoms with Gasteiger partial charge in [-0.1, -0.05) is 12.1 Å². The Kier molecular flexibility index (Phi) is 3.04. The van der Waals surface area contributed by atoms with Crippen molar-refractivity contribution in [2.24, 2.45) is 5.73 Å². The second-order valence-corrected chi connectivity index (χ2v) is 3.92. The first-order valence-electron chi connectivity index (χ1n) is 5.44. The Morgan fingerprint density at radius 1 is 1.00 bits per heavy atom. The Morgan fingerprint density at radius 3 is 2.21 bits per heavy atom.